The molecule has 0 unspecified atom stereocenters. The first-order chi connectivity index (χ1) is 30.3. The summed E-state index contributed by atoms with van der Waals surface area (Å²) in [5.41, 5.74) is 15.5. The van der Waals surface area contributed by atoms with Gasteiger partial charge in [-0.25, -0.2) is 0 Å². The quantitative estimate of drug-likeness (QED) is 0.165. The Morgan fingerprint density at radius 1 is 0.213 bits per heavy atom. The number of hydrogen-bond donors (Lipinski definition) is 0. The van der Waals surface area contributed by atoms with Gasteiger partial charge < -0.3 is 13.7 Å². The summed E-state index contributed by atoms with van der Waals surface area (Å²) < 4.78 is 7.37. The van der Waals surface area contributed by atoms with Crippen LogP contribution in [-0.2, 0) is 0 Å². The Morgan fingerprint density at radius 2 is 0.656 bits per heavy atom. The zero-order valence-corrected chi connectivity index (χ0v) is 33.2. The fourth-order valence-electron chi connectivity index (χ4n) is 10.0. The number of fused-ring (bicyclic) bond motifs is 11. The zero-order valence-electron chi connectivity index (χ0n) is 33.2. The van der Waals surface area contributed by atoms with Gasteiger partial charge in [0.25, 0.3) is 0 Å². The molecule has 13 rings (SSSR count). The summed E-state index contributed by atoms with van der Waals surface area (Å²) in [6, 6.07) is 82.3. The first-order valence-electron chi connectivity index (χ1n) is 21.0. The van der Waals surface area contributed by atoms with E-state index in [1.807, 2.05) is 0 Å². The van der Waals surface area contributed by atoms with Crippen molar-refractivity contribution >= 4 is 76.2 Å². The molecule has 13 aromatic rings. The molecule has 0 aliphatic heterocycles. The van der Waals surface area contributed by atoms with Crippen LogP contribution in [0.15, 0.2) is 224 Å². The largest absolute Gasteiger partial charge is 0.309 e. The van der Waals surface area contributed by atoms with Crippen molar-refractivity contribution in [3.8, 4) is 39.3 Å². The van der Waals surface area contributed by atoms with E-state index in [-0.39, 0.29) is 0 Å². The first kappa shape index (κ1) is 33.8. The van der Waals surface area contributed by atoms with Gasteiger partial charge in [0.15, 0.2) is 0 Å². The van der Waals surface area contributed by atoms with E-state index < -0.39 is 0 Å². The molecule has 0 radical (unpaired) electrons. The summed E-state index contributed by atoms with van der Waals surface area (Å²) in [5, 5.41) is 9.90. The van der Waals surface area contributed by atoms with Crippen molar-refractivity contribution in [2.24, 2.45) is 0 Å². The molecule has 3 heterocycles. The maximum atomic E-state index is 2.50. The molecule has 0 fully saturated rings. The average Bonchev–Trinajstić information content (AvgIpc) is 3.97. The van der Waals surface area contributed by atoms with Gasteiger partial charge in [0, 0.05) is 49.4 Å². The summed E-state index contributed by atoms with van der Waals surface area (Å²) in [7, 11) is 0. The Labute approximate surface area is 352 Å². The molecule has 3 heteroatoms. The Hall–Kier alpha value is -8.14. The molecule has 3 aromatic heterocycles. The minimum atomic E-state index is 1.15. The van der Waals surface area contributed by atoms with Crippen molar-refractivity contribution in [3.63, 3.8) is 0 Å². The molecule has 0 spiro atoms. The van der Waals surface area contributed by atoms with Gasteiger partial charge in [0.2, 0.25) is 0 Å². The zero-order chi connectivity index (χ0) is 40.0. The first-order valence-corrected chi connectivity index (χ1v) is 21.0. The third kappa shape index (κ3) is 5.11. The van der Waals surface area contributed by atoms with Crippen LogP contribution in [0.3, 0.4) is 0 Å². The second kappa shape index (κ2) is 13.2. The number of nitrogens with zero attached hydrogens (tertiary/aromatic N) is 3. The van der Waals surface area contributed by atoms with Crippen molar-refractivity contribution in [2.45, 2.75) is 0 Å². The molecule has 3 nitrogen and oxygen atoms in total. The molecule has 61 heavy (non-hydrogen) atoms. The minimum Gasteiger partial charge on any atom is -0.309 e. The average molecular weight is 776 g/mol. The van der Waals surface area contributed by atoms with Crippen molar-refractivity contribution in [1.29, 1.82) is 0 Å². The normalized spacial score (nSPS) is 11.9. The predicted molar refractivity (Wildman–Crippen MR) is 258 cm³/mol. The van der Waals surface area contributed by atoms with Crippen LogP contribution in [0.4, 0.5) is 0 Å². The molecule has 0 saturated carbocycles. The second-order valence-electron chi connectivity index (χ2n) is 16.1. The van der Waals surface area contributed by atoms with Gasteiger partial charge in [-0.3, -0.25) is 0 Å². The van der Waals surface area contributed by atoms with E-state index >= 15 is 0 Å². The van der Waals surface area contributed by atoms with Crippen LogP contribution in [0.1, 0.15) is 0 Å². The van der Waals surface area contributed by atoms with E-state index in [9.17, 15) is 0 Å². The van der Waals surface area contributed by atoms with Crippen LogP contribution in [0, 0.1) is 0 Å². The lowest BCUT2D eigenvalue weighted by Gasteiger charge is -2.13. The summed E-state index contributed by atoms with van der Waals surface area (Å²) in [4.78, 5) is 0. The number of aromatic nitrogens is 3. The number of hydrogen-bond acceptors (Lipinski definition) is 0. The molecule has 284 valence electrons. The lowest BCUT2D eigenvalue weighted by molar-refractivity contribution is 1.15. The number of para-hydroxylation sites is 3. The van der Waals surface area contributed by atoms with E-state index in [4.69, 9.17) is 0 Å². The van der Waals surface area contributed by atoms with Gasteiger partial charge in [-0.2, -0.15) is 0 Å². The van der Waals surface area contributed by atoms with Crippen LogP contribution in [-0.4, -0.2) is 13.7 Å². The van der Waals surface area contributed by atoms with Gasteiger partial charge in [-0.15, -0.1) is 0 Å². The molecule has 0 bridgehead atoms. The van der Waals surface area contributed by atoms with Gasteiger partial charge >= 0.3 is 0 Å². The van der Waals surface area contributed by atoms with E-state index in [0.717, 1.165) is 17.1 Å². The highest BCUT2D eigenvalue weighted by molar-refractivity contribution is 6.24. The maximum absolute atomic E-state index is 2.50. The molecule has 10 aromatic carbocycles. The SMILES string of the molecule is c1ccc(-c2ccc(-n3c4ccccc4c4cc(-c5ccc6c(c5)c5ccc7c8ccccc8n(-c8ccccc8)c7c5n6-c5ccc6ccccc6c5)ccc43)cc2)cc1. The summed E-state index contributed by atoms with van der Waals surface area (Å²) in [6.07, 6.45) is 0. The molecule has 0 aliphatic rings. The van der Waals surface area contributed by atoms with Crippen LogP contribution in [0.5, 0.6) is 0 Å². The molecular weight excluding hydrogens is 739 g/mol. The van der Waals surface area contributed by atoms with Crippen molar-refractivity contribution in [1.82, 2.24) is 13.7 Å². The lowest BCUT2D eigenvalue weighted by Crippen LogP contribution is -1.98. The highest BCUT2D eigenvalue weighted by Crippen LogP contribution is 2.44. The standard InChI is InChI=1S/C58H37N3/c1-3-13-38(14-4-1)40-23-28-45(29-24-40)59-53-21-11-10-20-48(53)51-36-42(26-33-55(51)59)43-27-34-56-52(37-43)50-32-31-49-47-19-9-12-22-54(47)60(44-17-5-2-6-18-44)57(49)58(50)61(56)46-30-25-39-15-7-8-16-41(39)35-46/h1-37H. The van der Waals surface area contributed by atoms with E-state index in [1.165, 1.54) is 98.4 Å². The fourth-order valence-corrected chi connectivity index (χ4v) is 10.0. The van der Waals surface area contributed by atoms with Crippen molar-refractivity contribution in [2.75, 3.05) is 0 Å². The summed E-state index contributed by atoms with van der Waals surface area (Å²) in [5.74, 6) is 0. The maximum Gasteiger partial charge on any atom is 0.0788 e. The van der Waals surface area contributed by atoms with Gasteiger partial charge in [-0.1, -0.05) is 152 Å². The van der Waals surface area contributed by atoms with Crippen molar-refractivity contribution < 1.29 is 0 Å². The molecular formula is C58H37N3. The molecule has 0 atom stereocenters. The van der Waals surface area contributed by atoms with Crippen LogP contribution in [0.25, 0.3) is 116 Å². The van der Waals surface area contributed by atoms with Crippen molar-refractivity contribution in [3.05, 3.63) is 224 Å². The highest BCUT2D eigenvalue weighted by Gasteiger charge is 2.22. The Bertz CT molecular complexity index is 3850. The smallest absolute Gasteiger partial charge is 0.0788 e. The van der Waals surface area contributed by atoms with E-state index in [1.54, 1.807) is 0 Å². The molecule has 0 saturated heterocycles. The fraction of sp³-hybridized carbons (Fsp3) is 0. The topological polar surface area (TPSA) is 14.8 Å². The van der Waals surface area contributed by atoms with E-state index in [0.29, 0.717) is 0 Å². The van der Waals surface area contributed by atoms with Crippen LogP contribution in [0.2, 0.25) is 0 Å². The van der Waals surface area contributed by atoms with Gasteiger partial charge in [0.1, 0.15) is 0 Å². The molecule has 0 amide bonds. The highest BCUT2D eigenvalue weighted by atomic mass is 15.0. The van der Waals surface area contributed by atoms with E-state index in [2.05, 4.69) is 238 Å². The van der Waals surface area contributed by atoms with Crippen LogP contribution >= 0.6 is 0 Å². The number of rotatable bonds is 5. The van der Waals surface area contributed by atoms with Crippen LogP contribution < -0.4 is 0 Å². The number of benzene rings is 10. The Kier molecular flexibility index (Phi) is 7.31. The van der Waals surface area contributed by atoms with Gasteiger partial charge in [-0.05, 0) is 106 Å². The third-order valence-electron chi connectivity index (χ3n) is 12.8. The minimum absolute atomic E-state index is 1.15. The Morgan fingerprint density at radius 3 is 1.36 bits per heavy atom. The second-order valence-corrected chi connectivity index (χ2v) is 16.1. The lowest BCUT2D eigenvalue weighted by atomic mass is 10.00. The summed E-state index contributed by atoms with van der Waals surface area (Å²) in [6.45, 7) is 0. The summed E-state index contributed by atoms with van der Waals surface area (Å²) >= 11 is 0. The monoisotopic (exact) mass is 775 g/mol. The van der Waals surface area contributed by atoms with Gasteiger partial charge in [0.05, 0.1) is 33.1 Å². The predicted octanol–water partition coefficient (Wildman–Crippen LogP) is 15.5. The Balaban J connectivity index is 1.05. The third-order valence-corrected chi connectivity index (χ3v) is 12.8. The molecule has 0 aliphatic carbocycles. The molecule has 0 N–H and O–H groups in total.